The lowest BCUT2D eigenvalue weighted by Crippen LogP contribution is -2.27. The summed E-state index contributed by atoms with van der Waals surface area (Å²) in [6.07, 6.45) is 3.94. The molecule has 4 heteroatoms. The highest BCUT2D eigenvalue weighted by Gasteiger charge is 2.22. The molecule has 0 aromatic heterocycles. The molecule has 0 spiro atoms. The van der Waals surface area contributed by atoms with Gasteiger partial charge in [-0.1, -0.05) is 6.92 Å². The first-order valence-electron chi connectivity index (χ1n) is 5.92. The van der Waals surface area contributed by atoms with E-state index in [2.05, 4.69) is 16.7 Å². The standard InChI is InChI=1S/C9H17NO.C3H6O2/c1-3-9(11)7-8-5-4-6-10(8)2;1-2-5-3-4/h8H,3-7H2,1-2H3;3H,2H2,1H3. The van der Waals surface area contributed by atoms with E-state index in [1.807, 2.05) is 6.92 Å². The Hall–Kier alpha value is -0.900. The fraction of sp³-hybridized carbons (Fsp3) is 0.833. The van der Waals surface area contributed by atoms with Crippen molar-refractivity contribution in [1.82, 2.24) is 4.90 Å². The van der Waals surface area contributed by atoms with Gasteiger partial charge in [-0.2, -0.15) is 0 Å². The Morgan fingerprint density at radius 3 is 2.50 bits per heavy atom. The first-order chi connectivity index (χ1) is 7.65. The van der Waals surface area contributed by atoms with Gasteiger partial charge in [0.05, 0.1) is 6.61 Å². The summed E-state index contributed by atoms with van der Waals surface area (Å²) in [5.74, 6) is 0.406. The molecule has 0 aromatic rings. The van der Waals surface area contributed by atoms with Crippen LogP contribution < -0.4 is 0 Å². The molecular weight excluding hydrogens is 206 g/mol. The molecule has 1 heterocycles. The monoisotopic (exact) mass is 229 g/mol. The quantitative estimate of drug-likeness (QED) is 0.672. The molecule has 0 saturated carbocycles. The fourth-order valence-electron chi connectivity index (χ4n) is 1.71. The Morgan fingerprint density at radius 2 is 2.19 bits per heavy atom. The zero-order chi connectivity index (χ0) is 12.4. The summed E-state index contributed by atoms with van der Waals surface area (Å²) >= 11 is 0. The average Bonchev–Trinajstić information content (AvgIpc) is 2.66. The molecular formula is C12H23NO3. The van der Waals surface area contributed by atoms with Crippen molar-refractivity contribution in [3.63, 3.8) is 0 Å². The van der Waals surface area contributed by atoms with Gasteiger partial charge in [0.15, 0.2) is 0 Å². The van der Waals surface area contributed by atoms with E-state index < -0.39 is 0 Å². The molecule has 0 N–H and O–H groups in total. The highest BCUT2D eigenvalue weighted by molar-refractivity contribution is 5.78. The number of likely N-dealkylation sites (tertiary alicyclic amines) is 1. The number of rotatable bonds is 5. The van der Waals surface area contributed by atoms with E-state index in [0.717, 1.165) is 6.42 Å². The van der Waals surface area contributed by atoms with Crippen molar-refractivity contribution in [1.29, 1.82) is 0 Å². The molecule has 1 rings (SSSR count). The second-order valence-corrected chi connectivity index (χ2v) is 3.92. The molecule has 16 heavy (non-hydrogen) atoms. The van der Waals surface area contributed by atoms with Crippen LogP contribution in [0.25, 0.3) is 0 Å². The van der Waals surface area contributed by atoms with Gasteiger partial charge < -0.3 is 9.64 Å². The second-order valence-electron chi connectivity index (χ2n) is 3.92. The van der Waals surface area contributed by atoms with Crippen molar-refractivity contribution in [3.05, 3.63) is 0 Å². The van der Waals surface area contributed by atoms with E-state index in [-0.39, 0.29) is 0 Å². The number of nitrogens with zero attached hydrogens (tertiary/aromatic N) is 1. The summed E-state index contributed by atoms with van der Waals surface area (Å²) in [5.41, 5.74) is 0. The van der Waals surface area contributed by atoms with Crippen LogP contribution in [0.4, 0.5) is 0 Å². The summed E-state index contributed by atoms with van der Waals surface area (Å²) in [7, 11) is 2.11. The minimum absolute atomic E-state index is 0.406. The molecule has 1 atom stereocenters. The zero-order valence-electron chi connectivity index (χ0n) is 10.6. The van der Waals surface area contributed by atoms with Gasteiger partial charge in [0, 0.05) is 18.9 Å². The largest absolute Gasteiger partial charge is 0.468 e. The third-order valence-corrected chi connectivity index (χ3v) is 2.76. The Morgan fingerprint density at radius 1 is 1.50 bits per heavy atom. The van der Waals surface area contributed by atoms with Crippen LogP contribution in [0.5, 0.6) is 0 Å². The highest BCUT2D eigenvalue weighted by atomic mass is 16.5. The normalized spacial score (nSPS) is 19.8. The van der Waals surface area contributed by atoms with Crippen LogP contribution in [0.15, 0.2) is 0 Å². The van der Waals surface area contributed by atoms with Crippen LogP contribution in [0.2, 0.25) is 0 Å². The molecule has 1 fully saturated rings. The van der Waals surface area contributed by atoms with E-state index in [4.69, 9.17) is 0 Å². The topological polar surface area (TPSA) is 46.6 Å². The van der Waals surface area contributed by atoms with Gasteiger partial charge in [-0.25, -0.2) is 0 Å². The van der Waals surface area contributed by atoms with Crippen LogP contribution in [0, 0.1) is 0 Å². The molecule has 0 aromatic carbocycles. The smallest absolute Gasteiger partial charge is 0.293 e. The molecule has 1 unspecified atom stereocenters. The summed E-state index contributed by atoms with van der Waals surface area (Å²) in [5, 5.41) is 0. The number of hydrogen-bond acceptors (Lipinski definition) is 4. The lowest BCUT2D eigenvalue weighted by molar-refractivity contribution is -0.128. The van der Waals surface area contributed by atoms with E-state index in [1.165, 1.54) is 19.4 Å². The van der Waals surface area contributed by atoms with Crippen LogP contribution in [0.1, 0.15) is 39.5 Å². The van der Waals surface area contributed by atoms with Gasteiger partial charge in [0.2, 0.25) is 0 Å². The molecule has 4 nitrogen and oxygen atoms in total. The predicted molar refractivity (Wildman–Crippen MR) is 63.3 cm³/mol. The third-order valence-electron chi connectivity index (χ3n) is 2.76. The number of hydrogen-bond donors (Lipinski definition) is 0. The molecule has 1 saturated heterocycles. The van der Waals surface area contributed by atoms with Gasteiger partial charge in [-0.05, 0) is 33.4 Å². The molecule has 1 aliphatic rings. The van der Waals surface area contributed by atoms with Crippen LogP contribution >= 0.6 is 0 Å². The third kappa shape index (κ3) is 6.56. The van der Waals surface area contributed by atoms with E-state index >= 15 is 0 Å². The summed E-state index contributed by atoms with van der Waals surface area (Å²) < 4.78 is 4.15. The minimum atomic E-state index is 0.406. The zero-order valence-corrected chi connectivity index (χ0v) is 10.6. The van der Waals surface area contributed by atoms with Crippen molar-refractivity contribution in [2.24, 2.45) is 0 Å². The van der Waals surface area contributed by atoms with Crippen LogP contribution in [0.3, 0.4) is 0 Å². The first-order valence-corrected chi connectivity index (χ1v) is 5.92. The number of carbonyl (C=O) groups is 2. The number of ketones is 1. The maximum atomic E-state index is 11.1. The minimum Gasteiger partial charge on any atom is -0.468 e. The number of carbonyl (C=O) groups excluding carboxylic acids is 2. The van der Waals surface area contributed by atoms with Crippen molar-refractivity contribution in [3.8, 4) is 0 Å². The molecule has 0 bridgehead atoms. The van der Waals surface area contributed by atoms with Gasteiger partial charge in [-0.15, -0.1) is 0 Å². The van der Waals surface area contributed by atoms with Gasteiger partial charge in [-0.3, -0.25) is 9.59 Å². The van der Waals surface area contributed by atoms with Crippen molar-refractivity contribution < 1.29 is 14.3 Å². The first kappa shape index (κ1) is 15.1. The lowest BCUT2D eigenvalue weighted by Gasteiger charge is -2.17. The average molecular weight is 229 g/mol. The molecule has 1 aliphatic heterocycles. The predicted octanol–water partition coefficient (Wildman–Crippen LogP) is 1.63. The van der Waals surface area contributed by atoms with E-state index in [0.29, 0.717) is 31.3 Å². The Labute approximate surface area is 98.0 Å². The van der Waals surface area contributed by atoms with Crippen LogP contribution in [-0.4, -0.2) is 43.4 Å². The van der Waals surface area contributed by atoms with E-state index in [1.54, 1.807) is 6.92 Å². The second kappa shape index (κ2) is 9.33. The molecule has 0 radical (unpaired) electrons. The Balaban J connectivity index is 0.000000385. The van der Waals surface area contributed by atoms with Gasteiger partial charge >= 0.3 is 0 Å². The van der Waals surface area contributed by atoms with Crippen molar-refractivity contribution in [2.45, 2.75) is 45.6 Å². The van der Waals surface area contributed by atoms with Gasteiger partial charge in [0.1, 0.15) is 5.78 Å². The molecule has 0 aliphatic carbocycles. The maximum absolute atomic E-state index is 11.1. The van der Waals surface area contributed by atoms with Gasteiger partial charge in [0.25, 0.3) is 6.47 Å². The number of ether oxygens (including phenoxy) is 1. The number of Topliss-reactive ketones (excluding diaryl/α,β-unsaturated/α-hetero) is 1. The molecule has 0 amide bonds. The van der Waals surface area contributed by atoms with Crippen molar-refractivity contribution >= 4 is 12.3 Å². The highest BCUT2D eigenvalue weighted by Crippen LogP contribution is 2.18. The maximum Gasteiger partial charge on any atom is 0.293 e. The fourth-order valence-corrected chi connectivity index (χ4v) is 1.71. The molecule has 94 valence electrons. The Kier molecular flexibility index (Phi) is 8.81. The Bertz CT molecular complexity index is 206. The summed E-state index contributed by atoms with van der Waals surface area (Å²) in [6, 6.07) is 0.544. The summed E-state index contributed by atoms with van der Waals surface area (Å²) in [6.45, 7) is 5.77. The van der Waals surface area contributed by atoms with Crippen molar-refractivity contribution in [2.75, 3.05) is 20.2 Å². The lowest BCUT2D eigenvalue weighted by atomic mass is 10.1. The summed E-state index contributed by atoms with van der Waals surface area (Å²) in [4.78, 5) is 22.6. The SMILES string of the molecule is CCC(=O)CC1CCCN1C.CCOC=O. The van der Waals surface area contributed by atoms with Crippen LogP contribution in [-0.2, 0) is 14.3 Å². The van der Waals surface area contributed by atoms with E-state index in [9.17, 15) is 9.59 Å².